The van der Waals surface area contributed by atoms with E-state index in [0.29, 0.717) is 11.1 Å². The Labute approximate surface area is 218 Å². The molecule has 0 aromatic heterocycles. The maximum Gasteiger partial charge on any atom is 0.328 e. The number of benzene rings is 3. The first-order chi connectivity index (χ1) is 17.5. The van der Waals surface area contributed by atoms with Gasteiger partial charge in [0, 0.05) is 24.2 Å². The summed E-state index contributed by atoms with van der Waals surface area (Å²) in [7, 11) is 0. The number of aryl methyl sites for hydroxylation is 2. The highest BCUT2D eigenvalue weighted by molar-refractivity contribution is 6.34. The molecule has 192 valence electrons. The fourth-order valence-corrected chi connectivity index (χ4v) is 3.67. The smallest absolute Gasteiger partial charge is 0.328 e. The first-order valence-corrected chi connectivity index (χ1v) is 11.7. The zero-order valence-electron chi connectivity index (χ0n) is 20.2. The second kappa shape index (κ2) is 12.0. The van der Waals surface area contributed by atoms with Crippen LogP contribution in [0.2, 0.25) is 5.02 Å². The molecule has 10 heteroatoms. The lowest BCUT2D eigenvalue weighted by atomic mass is 10.1. The summed E-state index contributed by atoms with van der Waals surface area (Å²) in [6, 6.07) is 14.1. The number of phenolic OH excluding ortho intramolecular Hbond substituents is 1. The number of nitrogens with one attached hydrogen (secondary N) is 3. The maximum atomic E-state index is 12.7. The van der Waals surface area contributed by atoms with Gasteiger partial charge >= 0.3 is 5.97 Å². The van der Waals surface area contributed by atoms with Crippen LogP contribution in [-0.4, -0.2) is 46.5 Å². The van der Waals surface area contributed by atoms with Gasteiger partial charge in [0.2, 0.25) is 0 Å². The van der Waals surface area contributed by atoms with Crippen LogP contribution in [0.15, 0.2) is 60.7 Å². The van der Waals surface area contributed by atoms with E-state index in [0.717, 1.165) is 11.1 Å². The van der Waals surface area contributed by atoms with Gasteiger partial charge in [0.05, 0.1) is 10.6 Å². The van der Waals surface area contributed by atoms with E-state index >= 15 is 0 Å². The summed E-state index contributed by atoms with van der Waals surface area (Å²) in [5, 5.41) is 26.5. The van der Waals surface area contributed by atoms with Gasteiger partial charge in [-0.2, -0.15) is 0 Å². The number of aromatic hydroxyl groups is 1. The maximum absolute atomic E-state index is 12.7. The number of carbonyl (C=O) groups excluding carboxylic acids is 3. The van der Waals surface area contributed by atoms with Gasteiger partial charge in [-0.15, -0.1) is 0 Å². The summed E-state index contributed by atoms with van der Waals surface area (Å²) in [4.78, 5) is 49.3. The van der Waals surface area contributed by atoms with E-state index < -0.39 is 29.7 Å². The second-order valence-corrected chi connectivity index (χ2v) is 8.83. The van der Waals surface area contributed by atoms with Crippen molar-refractivity contribution >= 4 is 35.3 Å². The molecule has 3 rings (SSSR count). The van der Waals surface area contributed by atoms with Crippen LogP contribution in [0.5, 0.6) is 5.75 Å². The molecule has 3 aromatic carbocycles. The Balaban J connectivity index is 1.61. The zero-order valence-corrected chi connectivity index (χ0v) is 20.9. The minimum Gasteiger partial charge on any atom is -0.508 e. The molecule has 0 aliphatic rings. The Morgan fingerprint density at radius 3 is 2.16 bits per heavy atom. The fraction of sp³-hybridized carbons (Fsp3) is 0.185. The lowest BCUT2D eigenvalue weighted by Gasteiger charge is -2.16. The van der Waals surface area contributed by atoms with E-state index in [4.69, 9.17) is 11.6 Å². The van der Waals surface area contributed by atoms with Crippen molar-refractivity contribution in [2.24, 2.45) is 0 Å². The van der Waals surface area contributed by atoms with Crippen LogP contribution >= 0.6 is 11.6 Å². The Morgan fingerprint density at radius 1 is 0.838 bits per heavy atom. The fourth-order valence-electron chi connectivity index (χ4n) is 3.41. The molecular weight excluding hydrogens is 498 g/mol. The van der Waals surface area contributed by atoms with Gasteiger partial charge in [-0.3, -0.25) is 14.4 Å². The van der Waals surface area contributed by atoms with Crippen LogP contribution in [-0.2, 0) is 11.3 Å². The molecule has 0 fully saturated rings. The van der Waals surface area contributed by atoms with Gasteiger partial charge in [-0.05, 0) is 73.0 Å². The number of halogens is 1. The highest BCUT2D eigenvalue weighted by atomic mass is 35.5. The predicted molar refractivity (Wildman–Crippen MR) is 138 cm³/mol. The minimum absolute atomic E-state index is 0.0297. The first-order valence-electron chi connectivity index (χ1n) is 11.3. The van der Waals surface area contributed by atoms with E-state index in [1.807, 2.05) is 13.8 Å². The summed E-state index contributed by atoms with van der Waals surface area (Å²) >= 11 is 6.21. The number of phenols is 1. The zero-order chi connectivity index (χ0) is 27.1. The van der Waals surface area contributed by atoms with Crippen molar-refractivity contribution in [1.29, 1.82) is 0 Å². The largest absolute Gasteiger partial charge is 0.508 e. The monoisotopic (exact) mass is 523 g/mol. The van der Waals surface area contributed by atoms with Crippen molar-refractivity contribution in [3.8, 4) is 5.75 Å². The summed E-state index contributed by atoms with van der Waals surface area (Å²) in [5.74, 6) is -2.95. The topological polar surface area (TPSA) is 145 Å². The van der Waals surface area contributed by atoms with Gasteiger partial charge in [0.1, 0.15) is 11.8 Å². The summed E-state index contributed by atoms with van der Waals surface area (Å²) < 4.78 is 0. The van der Waals surface area contributed by atoms with Gasteiger partial charge in [-0.25, -0.2) is 4.79 Å². The van der Waals surface area contributed by atoms with Crippen molar-refractivity contribution in [3.63, 3.8) is 0 Å². The summed E-state index contributed by atoms with van der Waals surface area (Å²) in [5.41, 5.74) is 3.17. The number of hydrogen-bond acceptors (Lipinski definition) is 5. The number of carboxylic acids is 1. The molecule has 37 heavy (non-hydrogen) atoms. The van der Waals surface area contributed by atoms with E-state index in [9.17, 15) is 29.4 Å². The molecule has 9 nitrogen and oxygen atoms in total. The van der Waals surface area contributed by atoms with Crippen molar-refractivity contribution < 1.29 is 29.4 Å². The molecule has 1 atom stereocenters. The first kappa shape index (κ1) is 27.2. The third kappa shape index (κ3) is 7.31. The third-order valence-corrected chi connectivity index (χ3v) is 5.99. The Hall–Kier alpha value is -4.37. The van der Waals surface area contributed by atoms with Gasteiger partial charge in [0.15, 0.2) is 0 Å². The van der Waals surface area contributed by atoms with Crippen molar-refractivity contribution in [2.45, 2.75) is 26.4 Å². The highest BCUT2D eigenvalue weighted by Gasteiger charge is 2.23. The van der Waals surface area contributed by atoms with Crippen LogP contribution in [0.25, 0.3) is 0 Å². The van der Waals surface area contributed by atoms with E-state index in [-0.39, 0.29) is 35.0 Å². The van der Waals surface area contributed by atoms with Gasteiger partial charge in [0.25, 0.3) is 17.7 Å². The third-order valence-electron chi connectivity index (χ3n) is 5.68. The number of aliphatic carboxylic acids is 1. The minimum atomic E-state index is -1.41. The van der Waals surface area contributed by atoms with E-state index in [1.54, 1.807) is 30.3 Å². The summed E-state index contributed by atoms with van der Waals surface area (Å²) in [6.45, 7) is 3.59. The Kier molecular flexibility index (Phi) is 8.86. The molecule has 0 saturated carbocycles. The van der Waals surface area contributed by atoms with Crippen LogP contribution in [0.4, 0.5) is 0 Å². The molecule has 0 bridgehead atoms. The molecule has 0 spiro atoms. The molecule has 3 aromatic rings. The Morgan fingerprint density at radius 2 is 1.51 bits per heavy atom. The molecule has 5 N–H and O–H groups in total. The molecule has 3 amide bonds. The molecule has 0 radical (unpaired) electrons. The van der Waals surface area contributed by atoms with Crippen LogP contribution in [0.1, 0.15) is 47.8 Å². The molecule has 0 saturated heterocycles. The Bertz CT molecular complexity index is 1360. The van der Waals surface area contributed by atoms with Crippen molar-refractivity contribution in [2.75, 3.05) is 6.54 Å². The lowest BCUT2D eigenvalue weighted by molar-refractivity contribution is -0.139. The van der Waals surface area contributed by atoms with Crippen molar-refractivity contribution in [3.05, 3.63) is 99.1 Å². The average molecular weight is 524 g/mol. The molecule has 0 aliphatic carbocycles. The standard InChI is InChI=1S/C27H26ClN3O6/c1-15-6-7-18(10-16(15)2)24(33)30-14-23(27(36)37)31-26(35)21-9-8-19(12-22(21)28)25(34)29-13-17-4-3-5-20(32)11-17/h3-12,23,32H,13-14H2,1-2H3,(H,29,34)(H,30,33)(H,31,35)(H,36,37)/t23-/m0/s1. The number of carbonyl (C=O) groups is 4. The molecular formula is C27H26ClN3O6. The highest BCUT2D eigenvalue weighted by Crippen LogP contribution is 2.19. The van der Waals surface area contributed by atoms with E-state index in [1.165, 1.54) is 30.3 Å². The normalized spacial score (nSPS) is 11.3. The number of carboxylic acid groups (broad SMARTS) is 1. The van der Waals surface area contributed by atoms with Crippen LogP contribution in [0, 0.1) is 13.8 Å². The predicted octanol–water partition coefficient (Wildman–Crippen LogP) is 3.21. The molecule has 0 aliphatic heterocycles. The quantitative estimate of drug-likeness (QED) is 0.291. The summed E-state index contributed by atoms with van der Waals surface area (Å²) in [6.07, 6.45) is 0. The van der Waals surface area contributed by atoms with Crippen LogP contribution in [0.3, 0.4) is 0 Å². The van der Waals surface area contributed by atoms with Crippen molar-refractivity contribution in [1.82, 2.24) is 16.0 Å². The SMILES string of the molecule is Cc1ccc(C(=O)NC[C@H](NC(=O)c2ccc(C(=O)NCc3cccc(O)c3)cc2Cl)C(=O)O)cc1C. The van der Waals surface area contributed by atoms with Gasteiger partial charge < -0.3 is 26.2 Å². The van der Waals surface area contributed by atoms with E-state index in [2.05, 4.69) is 16.0 Å². The van der Waals surface area contributed by atoms with Gasteiger partial charge in [-0.1, -0.05) is 29.8 Å². The second-order valence-electron chi connectivity index (χ2n) is 8.42. The van der Waals surface area contributed by atoms with Crippen LogP contribution < -0.4 is 16.0 Å². The lowest BCUT2D eigenvalue weighted by Crippen LogP contribution is -2.48. The molecule has 0 heterocycles. The number of rotatable bonds is 9. The number of hydrogen-bond donors (Lipinski definition) is 5. The molecule has 0 unspecified atom stereocenters. The number of amides is 3. The average Bonchev–Trinajstić information content (AvgIpc) is 2.86.